The number of carboxylic acids is 1. The van der Waals surface area contributed by atoms with E-state index >= 15 is 0 Å². The number of benzene rings is 1. The van der Waals surface area contributed by atoms with Crippen LogP contribution in [0.3, 0.4) is 0 Å². The Kier molecular flexibility index (Phi) is 5.40. The number of hydrogen-bond acceptors (Lipinski definition) is 6. The van der Waals surface area contributed by atoms with Gasteiger partial charge in [0.25, 0.3) is 0 Å². The molecule has 0 aliphatic heterocycles. The molecule has 0 spiro atoms. The van der Waals surface area contributed by atoms with Crippen molar-refractivity contribution in [3.63, 3.8) is 0 Å². The summed E-state index contributed by atoms with van der Waals surface area (Å²) in [6.07, 6.45) is -2.75. The number of rotatable bonds is 7. The van der Waals surface area contributed by atoms with Gasteiger partial charge in [-0.2, -0.15) is 0 Å². The number of para-hydroxylation sites is 1. The van der Waals surface area contributed by atoms with Gasteiger partial charge in [-0.25, -0.2) is 4.98 Å². The van der Waals surface area contributed by atoms with Crippen molar-refractivity contribution in [3.05, 3.63) is 24.3 Å². The molecule has 0 saturated heterocycles. The van der Waals surface area contributed by atoms with Crippen molar-refractivity contribution < 1.29 is 24.3 Å². The Labute approximate surface area is 127 Å². The fourth-order valence-corrected chi connectivity index (χ4v) is 4.23. The zero-order chi connectivity index (χ0) is 15.4. The lowest BCUT2D eigenvalue weighted by Gasteiger charge is -2.13. The van der Waals surface area contributed by atoms with E-state index in [0.717, 1.165) is 10.2 Å². The fraction of sp³-hybridized carbons (Fsp3) is 0.385. The first-order chi connectivity index (χ1) is 9.95. The summed E-state index contributed by atoms with van der Waals surface area (Å²) in [5, 5.41) is 27.7. The average molecular weight is 329 g/mol. The second-order valence-electron chi connectivity index (χ2n) is 4.60. The number of aromatic nitrogens is 1. The van der Waals surface area contributed by atoms with Gasteiger partial charge in [-0.3, -0.25) is 9.00 Å². The molecule has 3 atom stereocenters. The van der Waals surface area contributed by atoms with Gasteiger partial charge in [0.1, 0.15) is 0 Å². The van der Waals surface area contributed by atoms with Crippen molar-refractivity contribution >= 4 is 38.3 Å². The van der Waals surface area contributed by atoms with Crippen LogP contribution >= 0.6 is 11.3 Å². The van der Waals surface area contributed by atoms with Gasteiger partial charge in [0, 0.05) is 6.42 Å². The standard InChI is InChI=1S/C13H15NO5S2/c15-8(6-12(17)18)5-9(16)7-21(19)13-14-10-3-1-2-4-11(10)20-13/h1-4,8-9,15-16H,5-7H2,(H,17,18)/t8-,9+,21?/m1/s1. The molecule has 2 rings (SSSR count). The van der Waals surface area contributed by atoms with Crippen molar-refractivity contribution in [3.8, 4) is 0 Å². The molecule has 3 N–H and O–H groups in total. The first kappa shape index (κ1) is 16.0. The average Bonchev–Trinajstić information content (AvgIpc) is 2.80. The van der Waals surface area contributed by atoms with Gasteiger partial charge in [0.15, 0.2) is 4.34 Å². The molecular formula is C13H15NO5S2. The number of fused-ring (bicyclic) bond motifs is 1. The molecule has 0 aliphatic carbocycles. The summed E-state index contributed by atoms with van der Waals surface area (Å²) < 4.78 is 13.5. The molecule has 0 radical (unpaired) electrons. The van der Waals surface area contributed by atoms with Crippen molar-refractivity contribution in [2.45, 2.75) is 29.4 Å². The number of hydrogen-bond donors (Lipinski definition) is 3. The number of carboxylic acid groups (broad SMARTS) is 1. The molecule has 1 aromatic heterocycles. The van der Waals surface area contributed by atoms with Crippen LogP contribution in [-0.2, 0) is 15.6 Å². The van der Waals surface area contributed by atoms with E-state index in [9.17, 15) is 19.2 Å². The number of carbonyl (C=O) groups is 1. The van der Waals surface area contributed by atoms with Gasteiger partial charge in [0.05, 0.1) is 45.4 Å². The van der Waals surface area contributed by atoms with Crippen LogP contribution in [0.2, 0.25) is 0 Å². The normalized spacial score (nSPS) is 15.7. The monoisotopic (exact) mass is 329 g/mol. The molecule has 21 heavy (non-hydrogen) atoms. The van der Waals surface area contributed by atoms with Gasteiger partial charge in [-0.15, -0.1) is 11.3 Å². The maximum Gasteiger partial charge on any atom is 0.305 e. The van der Waals surface area contributed by atoms with Crippen molar-refractivity contribution in [2.75, 3.05) is 5.75 Å². The highest BCUT2D eigenvalue weighted by Gasteiger charge is 2.19. The topological polar surface area (TPSA) is 108 Å². The second kappa shape index (κ2) is 7.08. The maximum atomic E-state index is 12.1. The third-order valence-corrected chi connectivity index (χ3v) is 5.57. The molecule has 1 heterocycles. The molecule has 0 fully saturated rings. The van der Waals surface area contributed by atoms with E-state index in [4.69, 9.17) is 5.11 Å². The highest BCUT2D eigenvalue weighted by molar-refractivity contribution is 7.87. The molecule has 2 aromatic rings. The third kappa shape index (κ3) is 4.57. The van der Waals surface area contributed by atoms with E-state index in [1.165, 1.54) is 11.3 Å². The lowest BCUT2D eigenvalue weighted by atomic mass is 10.1. The Morgan fingerprint density at radius 1 is 1.29 bits per heavy atom. The van der Waals surface area contributed by atoms with E-state index in [0.29, 0.717) is 4.34 Å². The van der Waals surface area contributed by atoms with Crippen molar-refractivity contribution in [1.29, 1.82) is 0 Å². The molecule has 1 aromatic carbocycles. The van der Waals surface area contributed by atoms with Gasteiger partial charge in [0.2, 0.25) is 0 Å². The van der Waals surface area contributed by atoms with Crippen LogP contribution in [0.15, 0.2) is 28.6 Å². The van der Waals surface area contributed by atoms with Crippen LogP contribution in [0.1, 0.15) is 12.8 Å². The lowest BCUT2D eigenvalue weighted by Crippen LogP contribution is -2.25. The predicted octanol–water partition coefficient (Wildman–Crippen LogP) is 0.990. The summed E-state index contributed by atoms with van der Waals surface area (Å²) in [5.74, 6) is -1.21. The second-order valence-corrected chi connectivity index (χ2v) is 7.30. The van der Waals surface area contributed by atoms with Crippen molar-refractivity contribution in [2.24, 2.45) is 0 Å². The van der Waals surface area contributed by atoms with Gasteiger partial charge in [-0.1, -0.05) is 12.1 Å². The molecule has 0 bridgehead atoms. The largest absolute Gasteiger partial charge is 0.481 e. The third-order valence-electron chi connectivity index (χ3n) is 2.77. The lowest BCUT2D eigenvalue weighted by molar-refractivity contribution is -0.139. The zero-order valence-electron chi connectivity index (χ0n) is 11.0. The number of aliphatic hydroxyl groups excluding tert-OH is 2. The van der Waals surface area contributed by atoms with E-state index in [1.54, 1.807) is 0 Å². The molecule has 1 unspecified atom stereocenters. The van der Waals surface area contributed by atoms with E-state index < -0.39 is 35.4 Å². The number of aliphatic carboxylic acids is 1. The Morgan fingerprint density at radius 3 is 2.67 bits per heavy atom. The number of thiazole rings is 1. The molecular weight excluding hydrogens is 314 g/mol. The quantitative estimate of drug-likeness (QED) is 0.699. The first-order valence-corrected chi connectivity index (χ1v) is 8.41. The van der Waals surface area contributed by atoms with Crippen molar-refractivity contribution in [1.82, 2.24) is 4.98 Å². The zero-order valence-corrected chi connectivity index (χ0v) is 12.6. The number of aliphatic hydroxyl groups is 2. The summed E-state index contributed by atoms with van der Waals surface area (Å²) in [6.45, 7) is 0. The maximum absolute atomic E-state index is 12.1. The van der Waals surface area contributed by atoms with Crippen LogP contribution in [0.25, 0.3) is 10.2 Å². The summed E-state index contributed by atoms with van der Waals surface area (Å²) in [6, 6.07) is 7.40. The number of nitrogens with zero attached hydrogens (tertiary/aromatic N) is 1. The Balaban J connectivity index is 1.95. The van der Waals surface area contributed by atoms with Crippen LogP contribution < -0.4 is 0 Å². The first-order valence-electron chi connectivity index (χ1n) is 6.27. The van der Waals surface area contributed by atoms with Gasteiger partial charge in [-0.05, 0) is 12.1 Å². The van der Waals surface area contributed by atoms with E-state index in [-0.39, 0.29) is 12.2 Å². The van der Waals surface area contributed by atoms with Gasteiger partial charge >= 0.3 is 5.97 Å². The van der Waals surface area contributed by atoms with Crippen LogP contribution in [0.5, 0.6) is 0 Å². The Bertz CT molecular complexity index is 624. The Hall–Kier alpha value is -1.35. The van der Waals surface area contributed by atoms with Crippen LogP contribution in [0, 0.1) is 0 Å². The molecule has 114 valence electrons. The minimum absolute atomic E-state index is 0.0729. The summed E-state index contributed by atoms with van der Waals surface area (Å²) >= 11 is 1.30. The van der Waals surface area contributed by atoms with E-state index in [1.807, 2.05) is 24.3 Å². The predicted molar refractivity (Wildman–Crippen MR) is 79.8 cm³/mol. The fourth-order valence-electron chi connectivity index (χ4n) is 1.86. The minimum atomic E-state index is -1.48. The summed E-state index contributed by atoms with van der Waals surface area (Å²) in [4.78, 5) is 14.7. The van der Waals surface area contributed by atoms with Crippen LogP contribution in [-0.4, -0.2) is 48.4 Å². The van der Waals surface area contributed by atoms with Crippen LogP contribution in [0.4, 0.5) is 0 Å². The Morgan fingerprint density at radius 2 is 2.00 bits per heavy atom. The molecule has 0 amide bonds. The minimum Gasteiger partial charge on any atom is -0.481 e. The highest BCUT2D eigenvalue weighted by Crippen LogP contribution is 2.24. The SMILES string of the molecule is O=C(O)C[C@H](O)C[C@H](O)CS(=O)c1nc2ccccc2s1. The highest BCUT2D eigenvalue weighted by atomic mass is 32.2. The smallest absolute Gasteiger partial charge is 0.305 e. The van der Waals surface area contributed by atoms with Gasteiger partial charge < -0.3 is 15.3 Å². The molecule has 0 aliphatic rings. The molecule has 8 heteroatoms. The summed E-state index contributed by atoms with van der Waals surface area (Å²) in [5.41, 5.74) is 0.756. The van der Waals surface area contributed by atoms with E-state index in [2.05, 4.69) is 4.98 Å². The molecule has 6 nitrogen and oxygen atoms in total. The summed E-state index contributed by atoms with van der Waals surface area (Å²) in [7, 11) is -1.48. The molecule has 0 saturated carbocycles.